The number of aromatic nitrogens is 3. The Morgan fingerprint density at radius 3 is 2.79 bits per heavy atom. The topological polar surface area (TPSA) is 60.7 Å². The first-order chi connectivity index (χ1) is 13.0. The van der Waals surface area contributed by atoms with Crippen LogP contribution in [0.15, 0.2) is 48.0 Å². The summed E-state index contributed by atoms with van der Waals surface area (Å²) in [6.45, 7) is 1.94. The maximum absolute atomic E-state index is 13.1. The molecule has 0 saturated heterocycles. The molecule has 1 aliphatic heterocycles. The third-order valence-corrected chi connectivity index (χ3v) is 4.86. The molecule has 0 amide bonds. The minimum atomic E-state index is -3.63. The molecule has 4 heterocycles. The van der Waals surface area contributed by atoms with E-state index in [0.717, 1.165) is 22.7 Å². The van der Waals surface area contributed by atoms with Gasteiger partial charge in [-0.05, 0) is 31.2 Å². The lowest BCUT2D eigenvalue weighted by atomic mass is 10.3. The number of nitrogens with zero attached hydrogens (tertiary/aromatic N) is 3. The molecule has 144 valence electrons. The number of nitrogens with one attached hydrogen (secondary N) is 1. The highest BCUT2D eigenvalue weighted by Gasteiger charge is 2.43. The second kappa shape index (κ2) is 6.61. The van der Waals surface area contributed by atoms with Crippen molar-refractivity contribution in [2.24, 2.45) is 0 Å². The molecule has 0 unspecified atom stereocenters. The summed E-state index contributed by atoms with van der Waals surface area (Å²) in [5, 5.41) is 5.66. The highest BCUT2D eigenvalue weighted by Crippen LogP contribution is 2.42. The van der Waals surface area contributed by atoms with Crippen LogP contribution in [0.4, 0.5) is 19.6 Å². The predicted molar refractivity (Wildman–Crippen MR) is 104 cm³/mol. The molecule has 5 rings (SSSR count). The van der Waals surface area contributed by atoms with Crippen molar-refractivity contribution in [3.63, 3.8) is 0 Å². The average molecular weight is 423 g/mol. The molecule has 6 nitrogen and oxygen atoms in total. The van der Waals surface area contributed by atoms with Crippen LogP contribution in [-0.4, -0.2) is 20.7 Å². The van der Waals surface area contributed by atoms with Gasteiger partial charge >= 0.3 is 6.29 Å². The zero-order chi connectivity index (χ0) is 18.6. The summed E-state index contributed by atoms with van der Waals surface area (Å²) >= 11 is 1.41. The summed E-state index contributed by atoms with van der Waals surface area (Å²) in [7, 11) is 0. The SMILES string of the molecule is Cc1nc2ccccn2c1-c1csc(Nc2ccc3c(c2)OC(F)(F)O3)n1.Cl. The highest BCUT2D eigenvalue weighted by atomic mass is 35.5. The van der Waals surface area contributed by atoms with Crippen molar-refractivity contribution in [2.75, 3.05) is 5.32 Å². The van der Waals surface area contributed by atoms with Crippen molar-refractivity contribution in [1.82, 2.24) is 14.4 Å². The van der Waals surface area contributed by atoms with E-state index in [0.29, 0.717) is 10.8 Å². The highest BCUT2D eigenvalue weighted by molar-refractivity contribution is 7.14. The van der Waals surface area contributed by atoms with E-state index in [1.165, 1.54) is 23.5 Å². The predicted octanol–water partition coefficient (Wildman–Crippen LogP) is 5.25. The van der Waals surface area contributed by atoms with E-state index >= 15 is 0 Å². The number of pyridine rings is 1. The molecular weight excluding hydrogens is 410 g/mol. The lowest BCUT2D eigenvalue weighted by molar-refractivity contribution is -0.286. The lowest BCUT2D eigenvalue weighted by Crippen LogP contribution is -2.25. The molecule has 4 aromatic rings. The zero-order valence-corrected chi connectivity index (χ0v) is 16.0. The molecule has 1 aliphatic rings. The van der Waals surface area contributed by atoms with Gasteiger partial charge in [0, 0.05) is 23.3 Å². The first-order valence-corrected chi connectivity index (χ1v) is 8.93. The molecule has 0 radical (unpaired) electrons. The molecule has 0 spiro atoms. The van der Waals surface area contributed by atoms with Crippen LogP contribution >= 0.6 is 23.7 Å². The van der Waals surface area contributed by atoms with Gasteiger partial charge in [0.05, 0.1) is 11.4 Å². The van der Waals surface area contributed by atoms with Gasteiger partial charge < -0.3 is 14.8 Å². The fourth-order valence-corrected chi connectivity index (χ4v) is 3.73. The van der Waals surface area contributed by atoms with E-state index in [4.69, 9.17) is 0 Å². The smallest absolute Gasteiger partial charge is 0.395 e. The number of imidazole rings is 1. The van der Waals surface area contributed by atoms with Gasteiger partial charge in [-0.15, -0.1) is 32.5 Å². The molecule has 0 fully saturated rings. The minimum Gasteiger partial charge on any atom is -0.395 e. The minimum absolute atomic E-state index is 0. The zero-order valence-electron chi connectivity index (χ0n) is 14.3. The Morgan fingerprint density at radius 1 is 1.11 bits per heavy atom. The molecule has 1 N–H and O–H groups in total. The first kappa shape index (κ1) is 18.5. The van der Waals surface area contributed by atoms with Crippen LogP contribution in [0.1, 0.15) is 5.69 Å². The Kier molecular flexibility index (Phi) is 4.35. The number of fused-ring (bicyclic) bond motifs is 2. The molecule has 0 saturated carbocycles. The third-order valence-electron chi connectivity index (χ3n) is 4.10. The summed E-state index contributed by atoms with van der Waals surface area (Å²) < 4.78 is 37.1. The van der Waals surface area contributed by atoms with E-state index in [1.807, 2.05) is 41.1 Å². The molecular formula is C18H13ClF2N4O2S. The van der Waals surface area contributed by atoms with Crippen molar-refractivity contribution in [3.8, 4) is 22.9 Å². The number of anilines is 2. The Labute approximate surface area is 168 Å². The number of halogens is 3. The summed E-state index contributed by atoms with van der Waals surface area (Å²) in [5.74, 6) is -0.00820. The monoisotopic (exact) mass is 422 g/mol. The summed E-state index contributed by atoms with van der Waals surface area (Å²) in [6.07, 6.45) is -1.69. The van der Waals surface area contributed by atoms with Gasteiger partial charge in [-0.1, -0.05) is 6.07 Å². The maximum atomic E-state index is 13.1. The molecule has 10 heteroatoms. The Morgan fingerprint density at radius 2 is 1.93 bits per heavy atom. The normalized spacial score (nSPS) is 14.1. The first-order valence-electron chi connectivity index (χ1n) is 8.05. The van der Waals surface area contributed by atoms with Gasteiger partial charge in [0.1, 0.15) is 11.3 Å². The van der Waals surface area contributed by atoms with E-state index in [9.17, 15) is 8.78 Å². The molecule has 28 heavy (non-hydrogen) atoms. The number of alkyl halides is 2. The van der Waals surface area contributed by atoms with Crippen LogP contribution in [0.2, 0.25) is 0 Å². The van der Waals surface area contributed by atoms with Gasteiger partial charge in [-0.25, -0.2) is 9.97 Å². The molecule has 0 bridgehead atoms. The average Bonchev–Trinajstić information content (AvgIpc) is 3.27. The number of benzene rings is 1. The summed E-state index contributed by atoms with van der Waals surface area (Å²) in [4.78, 5) is 9.15. The van der Waals surface area contributed by atoms with Crippen LogP contribution in [0.3, 0.4) is 0 Å². The number of ether oxygens (including phenoxy) is 2. The Bertz CT molecular complexity index is 1180. The third kappa shape index (κ3) is 3.12. The van der Waals surface area contributed by atoms with Gasteiger partial charge in [0.15, 0.2) is 16.6 Å². The van der Waals surface area contributed by atoms with Crippen molar-refractivity contribution in [3.05, 3.63) is 53.7 Å². The largest absolute Gasteiger partial charge is 0.586 e. The van der Waals surface area contributed by atoms with Gasteiger partial charge in [0.25, 0.3) is 0 Å². The van der Waals surface area contributed by atoms with E-state index in [1.54, 1.807) is 6.07 Å². The number of rotatable bonds is 3. The fourth-order valence-electron chi connectivity index (χ4n) is 3.01. The van der Waals surface area contributed by atoms with Crippen LogP contribution in [0.25, 0.3) is 17.0 Å². The summed E-state index contributed by atoms with van der Waals surface area (Å²) in [5.41, 5.74) is 4.00. The van der Waals surface area contributed by atoms with Gasteiger partial charge in [-0.3, -0.25) is 4.40 Å². The second-order valence-corrected chi connectivity index (χ2v) is 6.82. The second-order valence-electron chi connectivity index (χ2n) is 5.97. The van der Waals surface area contributed by atoms with E-state index in [-0.39, 0.29) is 23.9 Å². The molecule has 0 atom stereocenters. The van der Waals surface area contributed by atoms with Crippen LogP contribution in [0, 0.1) is 6.92 Å². The lowest BCUT2D eigenvalue weighted by Gasteiger charge is -2.04. The van der Waals surface area contributed by atoms with E-state index in [2.05, 4.69) is 24.8 Å². The van der Waals surface area contributed by atoms with Crippen molar-refractivity contribution < 1.29 is 18.3 Å². The van der Waals surface area contributed by atoms with Crippen molar-refractivity contribution in [1.29, 1.82) is 0 Å². The number of thiazole rings is 1. The van der Waals surface area contributed by atoms with Crippen LogP contribution in [0.5, 0.6) is 11.5 Å². The van der Waals surface area contributed by atoms with Crippen molar-refractivity contribution in [2.45, 2.75) is 13.2 Å². The van der Waals surface area contributed by atoms with Crippen LogP contribution < -0.4 is 14.8 Å². The summed E-state index contributed by atoms with van der Waals surface area (Å²) in [6, 6.07) is 10.3. The Hall–Kier alpha value is -2.91. The number of hydrogen-bond acceptors (Lipinski definition) is 6. The van der Waals surface area contributed by atoms with Crippen LogP contribution in [-0.2, 0) is 0 Å². The molecule has 0 aliphatic carbocycles. The fraction of sp³-hybridized carbons (Fsp3) is 0.111. The molecule has 3 aromatic heterocycles. The van der Waals surface area contributed by atoms with Crippen molar-refractivity contribution >= 4 is 40.2 Å². The standard InChI is InChI=1S/C18H12F2N4O2S.ClH/c1-10-16(24-7-3-2-4-15(24)21-10)12-9-27-17(23-12)22-11-5-6-13-14(8-11)26-18(19,20)25-13;/h2-9H,1H3,(H,22,23);1H. The van der Waals surface area contributed by atoms with E-state index < -0.39 is 6.29 Å². The number of aryl methyl sites for hydroxylation is 1. The van der Waals surface area contributed by atoms with Gasteiger partial charge in [0.2, 0.25) is 0 Å². The Balaban J connectivity index is 0.00000192. The maximum Gasteiger partial charge on any atom is 0.586 e. The number of hydrogen-bond donors (Lipinski definition) is 1. The quantitative estimate of drug-likeness (QED) is 0.488. The molecule has 1 aromatic carbocycles. The van der Waals surface area contributed by atoms with Gasteiger partial charge in [-0.2, -0.15) is 0 Å².